The number of hydrogen-bond donors (Lipinski definition) is 1. The van der Waals surface area contributed by atoms with Gasteiger partial charge in [0.05, 0.1) is 18.8 Å². The number of carbonyl (C=O) groups excluding carboxylic acids is 2. The average Bonchev–Trinajstić information content (AvgIpc) is 3.43. The number of nitrogens with one attached hydrogen (secondary N) is 1. The highest BCUT2D eigenvalue weighted by Gasteiger charge is 2.34. The smallest absolute Gasteiger partial charge is 0.273 e. The molecule has 4 rings (SSSR count). The molecule has 2 fully saturated rings. The van der Waals surface area contributed by atoms with Crippen molar-refractivity contribution in [2.45, 2.75) is 64.1 Å². The van der Waals surface area contributed by atoms with Crippen molar-refractivity contribution in [3.05, 3.63) is 47.8 Å². The van der Waals surface area contributed by atoms with E-state index in [1.165, 1.54) is 19.3 Å². The first-order valence-electron chi connectivity index (χ1n) is 10.7. The van der Waals surface area contributed by atoms with Gasteiger partial charge in [-0.1, -0.05) is 54.8 Å². The largest absolute Gasteiger partial charge is 0.347 e. The maximum absolute atomic E-state index is 13.0. The lowest BCUT2D eigenvalue weighted by Crippen LogP contribution is -2.42. The number of benzene rings is 1. The summed E-state index contributed by atoms with van der Waals surface area (Å²) in [5, 5.41) is 11.0. The fraction of sp³-hybridized carbons (Fsp3) is 0.545. The summed E-state index contributed by atoms with van der Waals surface area (Å²) >= 11 is 0. The van der Waals surface area contributed by atoms with E-state index in [9.17, 15) is 9.59 Å². The third-order valence-corrected chi connectivity index (χ3v) is 6.08. The zero-order valence-corrected chi connectivity index (χ0v) is 16.8. The Labute approximate surface area is 171 Å². The minimum absolute atomic E-state index is 0.145. The van der Waals surface area contributed by atoms with Crippen LogP contribution in [-0.4, -0.2) is 44.3 Å². The van der Waals surface area contributed by atoms with Gasteiger partial charge >= 0.3 is 0 Å². The second kappa shape index (κ2) is 9.20. The zero-order valence-electron chi connectivity index (χ0n) is 16.8. The summed E-state index contributed by atoms with van der Waals surface area (Å²) in [4.78, 5) is 27.4. The molecule has 0 spiro atoms. The van der Waals surface area contributed by atoms with Crippen LogP contribution >= 0.6 is 0 Å². The van der Waals surface area contributed by atoms with Crippen LogP contribution in [0.25, 0.3) is 0 Å². The van der Waals surface area contributed by atoms with Crippen molar-refractivity contribution in [2.24, 2.45) is 5.92 Å². The van der Waals surface area contributed by atoms with Crippen LogP contribution in [0.4, 0.5) is 0 Å². The maximum Gasteiger partial charge on any atom is 0.273 e. The molecule has 1 aliphatic carbocycles. The van der Waals surface area contributed by atoms with Crippen LogP contribution in [0.2, 0.25) is 0 Å². The molecule has 1 saturated carbocycles. The summed E-state index contributed by atoms with van der Waals surface area (Å²) in [7, 11) is 0. The predicted octanol–water partition coefficient (Wildman–Crippen LogP) is 2.78. The van der Waals surface area contributed by atoms with Crippen molar-refractivity contribution in [1.29, 1.82) is 0 Å². The average molecular weight is 396 g/mol. The summed E-state index contributed by atoms with van der Waals surface area (Å²) in [6, 6.07) is 9.91. The Morgan fingerprint density at radius 1 is 1.03 bits per heavy atom. The van der Waals surface area contributed by atoms with Crippen LogP contribution in [0.5, 0.6) is 0 Å². The van der Waals surface area contributed by atoms with Crippen LogP contribution in [0.3, 0.4) is 0 Å². The van der Waals surface area contributed by atoms with E-state index in [1.54, 1.807) is 10.9 Å². The van der Waals surface area contributed by atoms with Crippen LogP contribution in [0.1, 0.15) is 61.0 Å². The lowest BCUT2D eigenvalue weighted by atomic mass is 9.88. The Balaban J connectivity index is 1.33. The van der Waals surface area contributed by atoms with E-state index in [1.807, 2.05) is 35.2 Å². The molecule has 29 heavy (non-hydrogen) atoms. The van der Waals surface area contributed by atoms with Crippen molar-refractivity contribution in [3.8, 4) is 0 Å². The second-order valence-electron chi connectivity index (χ2n) is 8.16. The molecule has 1 saturated heterocycles. The molecule has 1 aromatic carbocycles. The lowest BCUT2D eigenvalue weighted by molar-refractivity contribution is -0.137. The first kappa shape index (κ1) is 19.6. The van der Waals surface area contributed by atoms with Crippen LogP contribution in [-0.2, 0) is 17.9 Å². The Morgan fingerprint density at radius 3 is 2.62 bits per heavy atom. The molecule has 2 aromatic rings. The molecular weight excluding hydrogens is 366 g/mol. The summed E-state index contributed by atoms with van der Waals surface area (Å²) < 4.78 is 1.70. The zero-order chi connectivity index (χ0) is 20.1. The fourth-order valence-electron chi connectivity index (χ4n) is 4.48. The third-order valence-electron chi connectivity index (χ3n) is 6.08. The maximum atomic E-state index is 13.0. The highest BCUT2D eigenvalue weighted by atomic mass is 16.2. The lowest BCUT2D eigenvalue weighted by Gasteiger charge is -2.30. The molecule has 0 radical (unpaired) electrons. The molecule has 1 atom stereocenters. The van der Waals surface area contributed by atoms with Gasteiger partial charge in [0.25, 0.3) is 5.91 Å². The molecule has 1 aromatic heterocycles. The van der Waals surface area contributed by atoms with Gasteiger partial charge in [0.2, 0.25) is 5.91 Å². The van der Waals surface area contributed by atoms with Gasteiger partial charge in [-0.05, 0) is 31.2 Å². The van der Waals surface area contributed by atoms with Gasteiger partial charge in [-0.2, -0.15) is 0 Å². The monoisotopic (exact) mass is 395 g/mol. The Hall–Kier alpha value is -2.70. The molecule has 0 bridgehead atoms. The van der Waals surface area contributed by atoms with Gasteiger partial charge in [-0.25, -0.2) is 4.68 Å². The number of nitrogens with zero attached hydrogens (tertiary/aromatic N) is 4. The normalized spacial score (nSPS) is 20.0. The van der Waals surface area contributed by atoms with E-state index in [-0.39, 0.29) is 17.9 Å². The highest BCUT2D eigenvalue weighted by Crippen LogP contribution is 2.29. The number of amides is 2. The minimum atomic E-state index is -0.235. The quantitative estimate of drug-likeness (QED) is 0.816. The first-order chi connectivity index (χ1) is 14.2. The molecule has 2 aliphatic rings. The van der Waals surface area contributed by atoms with Crippen molar-refractivity contribution in [2.75, 3.05) is 6.54 Å². The Kier molecular flexibility index (Phi) is 6.22. The second-order valence-corrected chi connectivity index (χ2v) is 8.16. The number of carbonyl (C=O) groups is 2. The van der Waals surface area contributed by atoms with Crippen molar-refractivity contribution in [1.82, 2.24) is 25.2 Å². The molecular formula is C22H29N5O2. The van der Waals surface area contributed by atoms with Crippen LogP contribution in [0.15, 0.2) is 36.5 Å². The summed E-state index contributed by atoms with van der Waals surface area (Å²) in [5.74, 6) is 0.272. The molecule has 7 nitrogen and oxygen atoms in total. The van der Waals surface area contributed by atoms with Crippen LogP contribution in [0, 0.1) is 5.92 Å². The van der Waals surface area contributed by atoms with Gasteiger partial charge in [0.1, 0.15) is 0 Å². The Morgan fingerprint density at radius 2 is 1.83 bits per heavy atom. The minimum Gasteiger partial charge on any atom is -0.347 e. The predicted molar refractivity (Wildman–Crippen MR) is 109 cm³/mol. The number of likely N-dealkylation sites (tertiary alicyclic amines) is 1. The first-order valence-corrected chi connectivity index (χ1v) is 10.7. The molecule has 7 heteroatoms. The standard InChI is InChI=1S/C22H29N5O2/c28-21(23-14-17-8-3-1-4-9-17)20-16-26(25-24-20)15-19-12-7-13-27(19)22(29)18-10-5-2-6-11-18/h1,3-4,8-9,16,18-19H,2,5-7,10-15H2,(H,23,28)/t19-/m0/s1. The third kappa shape index (κ3) is 4.83. The molecule has 154 valence electrons. The van der Waals surface area contributed by atoms with Gasteiger partial charge in [0.15, 0.2) is 5.69 Å². The summed E-state index contributed by atoms with van der Waals surface area (Å²) in [5.41, 5.74) is 1.35. The summed E-state index contributed by atoms with van der Waals surface area (Å²) in [6.45, 7) is 1.88. The molecule has 2 heterocycles. The number of aromatic nitrogens is 3. The van der Waals surface area contributed by atoms with E-state index < -0.39 is 0 Å². The van der Waals surface area contributed by atoms with Crippen molar-refractivity contribution >= 4 is 11.8 Å². The van der Waals surface area contributed by atoms with E-state index in [0.717, 1.165) is 37.8 Å². The van der Waals surface area contributed by atoms with Crippen molar-refractivity contribution in [3.63, 3.8) is 0 Å². The number of rotatable bonds is 6. The fourth-order valence-corrected chi connectivity index (χ4v) is 4.48. The van der Waals surface area contributed by atoms with Crippen LogP contribution < -0.4 is 5.32 Å². The van der Waals surface area contributed by atoms with Crippen molar-refractivity contribution < 1.29 is 9.59 Å². The topological polar surface area (TPSA) is 80.1 Å². The molecule has 1 aliphatic heterocycles. The van der Waals surface area contributed by atoms with E-state index >= 15 is 0 Å². The van der Waals surface area contributed by atoms with E-state index in [4.69, 9.17) is 0 Å². The van der Waals surface area contributed by atoms with Gasteiger partial charge in [-0.15, -0.1) is 5.10 Å². The summed E-state index contributed by atoms with van der Waals surface area (Å²) in [6.07, 6.45) is 9.33. The van der Waals surface area contributed by atoms with E-state index in [2.05, 4.69) is 15.6 Å². The Bertz CT molecular complexity index is 829. The SMILES string of the molecule is O=C(NCc1ccccc1)c1cn(C[C@@H]2CCCN2C(=O)C2CCCCC2)nn1. The molecule has 0 unspecified atom stereocenters. The molecule has 2 amide bonds. The van der Waals surface area contributed by atoms with Gasteiger partial charge in [0, 0.05) is 19.0 Å². The number of hydrogen-bond acceptors (Lipinski definition) is 4. The highest BCUT2D eigenvalue weighted by molar-refractivity contribution is 5.91. The van der Waals surface area contributed by atoms with Gasteiger partial charge in [-0.3, -0.25) is 9.59 Å². The van der Waals surface area contributed by atoms with Gasteiger partial charge < -0.3 is 10.2 Å². The molecule has 1 N–H and O–H groups in total. The van der Waals surface area contributed by atoms with E-state index in [0.29, 0.717) is 24.7 Å².